The van der Waals surface area contributed by atoms with Gasteiger partial charge in [0.2, 0.25) is 5.91 Å². The smallest absolute Gasteiger partial charge is 0.329 e. The second kappa shape index (κ2) is 7.60. The van der Waals surface area contributed by atoms with Crippen molar-refractivity contribution in [1.29, 1.82) is 0 Å². The molecule has 7 heteroatoms. The highest BCUT2D eigenvalue weighted by molar-refractivity contribution is 5.88. The fourth-order valence-corrected chi connectivity index (χ4v) is 1.18. The number of aliphatic carboxylic acids is 1. The average Bonchev–Trinajstić information content (AvgIpc) is 2.35. The van der Waals surface area contributed by atoms with Crippen molar-refractivity contribution in [1.82, 2.24) is 16.0 Å². The largest absolute Gasteiger partial charge is 0.480 e. The number of hydrogen-bond acceptors (Lipinski definition) is 3. The number of carbonyl (C=O) groups is 3. The van der Waals surface area contributed by atoms with Gasteiger partial charge >= 0.3 is 12.0 Å². The van der Waals surface area contributed by atoms with Crippen LogP contribution < -0.4 is 16.0 Å². The zero-order valence-electron chi connectivity index (χ0n) is 11.9. The first kappa shape index (κ1) is 17.2. The van der Waals surface area contributed by atoms with E-state index in [1.807, 2.05) is 13.8 Å². The van der Waals surface area contributed by atoms with E-state index in [-0.39, 0.29) is 24.9 Å². The van der Waals surface area contributed by atoms with E-state index in [4.69, 9.17) is 5.11 Å². The predicted octanol–water partition coefficient (Wildman–Crippen LogP) is 0.454. The molecule has 0 heterocycles. The van der Waals surface area contributed by atoms with Gasteiger partial charge in [-0.1, -0.05) is 13.8 Å². The minimum Gasteiger partial charge on any atom is -0.480 e. The molecular weight excluding hydrogens is 250 g/mol. The third-order valence-corrected chi connectivity index (χ3v) is 3.00. The van der Waals surface area contributed by atoms with Gasteiger partial charge in [-0.05, 0) is 26.7 Å². The van der Waals surface area contributed by atoms with Crippen molar-refractivity contribution in [2.45, 2.75) is 52.1 Å². The van der Waals surface area contributed by atoms with Crippen molar-refractivity contribution >= 4 is 17.9 Å². The molecule has 0 aliphatic rings. The number of urea groups is 1. The first-order valence-corrected chi connectivity index (χ1v) is 6.34. The van der Waals surface area contributed by atoms with Crippen LogP contribution in [-0.2, 0) is 9.59 Å². The molecule has 0 saturated heterocycles. The van der Waals surface area contributed by atoms with Gasteiger partial charge in [-0.15, -0.1) is 0 Å². The number of rotatable bonds is 7. The lowest BCUT2D eigenvalue weighted by molar-refractivity contribution is -0.143. The molecule has 4 N–H and O–H groups in total. The molecular formula is C12H23N3O4. The van der Waals surface area contributed by atoms with Crippen LogP contribution in [0, 0.1) is 0 Å². The monoisotopic (exact) mass is 273 g/mol. The zero-order valence-corrected chi connectivity index (χ0v) is 11.9. The molecule has 110 valence electrons. The van der Waals surface area contributed by atoms with Crippen LogP contribution in [0.5, 0.6) is 0 Å². The third kappa shape index (κ3) is 6.08. The van der Waals surface area contributed by atoms with Crippen molar-refractivity contribution in [2.75, 3.05) is 6.54 Å². The van der Waals surface area contributed by atoms with Crippen LogP contribution >= 0.6 is 0 Å². The second-order valence-corrected chi connectivity index (χ2v) is 4.68. The molecule has 2 atom stereocenters. The Morgan fingerprint density at radius 3 is 2.26 bits per heavy atom. The molecule has 0 aromatic rings. The quantitative estimate of drug-likeness (QED) is 0.540. The summed E-state index contributed by atoms with van der Waals surface area (Å²) < 4.78 is 0. The van der Waals surface area contributed by atoms with Gasteiger partial charge in [0.05, 0.1) is 6.54 Å². The molecule has 0 aromatic heterocycles. The van der Waals surface area contributed by atoms with E-state index >= 15 is 0 Å². The molecule has 0 rings (SSSR count). The summed E-state index contributed by atoms with van der Waals surface area (Å²) in [5, 5.41) is 16.3. The summed E-state index contributed by atoms with van der Waals surface area (Å²) in [5.74, 6) is -1.42. The van der Waals surface area contributed by atoms with Gasteiger partial charge in [-0.3, -0.25) is 4.79 Å². The number of amides is 3. The number of nitrogens with one attached hydrogen (secondary N) is 3. The van der Waals surface area contributed by atoms with Crippen LogP contribution in [0.3, 0.4) is 0 Å². The van der Waals surface area contributed by atoms with E-state index in [1.165, 1.54) is 6.92 Å². The average molecular weight is 273 g/mol. The van der Waals surface area contributed by atoms with E-state index in [1.54, 1.807) is 6.92 Å². The van der Waals surface area contributed by atoms with Gasteiger partial charge in [0, 0.05) is 6.04 Å². The van der Waals surface area contributed by atoms with Crippen LogP contribution in [0.1, 0.15) is 40.5 Å². The number of carboxylic acid groups (broad SMARTS) is 1. The molecule has 0 bridgehead atoms. The molecule has 2 unspecified atom stereocenters. The summed E-state index contributed by atoms with van der Waals surface area (Å²) in [4.78, 5) is 33.9. The van der Waals surface area contributed by atoms with E-state index in [0.29, 0.717) is 0 Å². The maximum absolute atomic E-state index is 11.5. The van der Waals surface area contributed by atoms with Crippen LogP contribution in [0.25, 0.3) is 0 Å². The minimum atomic E-state index is -1.34. The maximum atomic E-state index is 11.5. The van der Waals surface area contributed by atoms with Crippen molar-refractivity contribution in [3.63, 3.8) is 0 Å². The molecule has 19 heavy (non-hydrogen) atoms. The molecule has 0 spiro atoms. The Morgan fingerprint density at radius 2 is 1.84 bits per heavy atom. The van der Waals surface area contributed by atoms with E-state index < -0.39 is 17.5 Å². The lowest BCUT2D eigenvalue weighted by Gasteiger charge is -2.24. The minimum absolute atomic E-state index is 0.0392. The molecule has 0 aliphatic heterocycles. The molecule has 7 nitrogen and oxygen atoms in total. The summed E-state index contributed by atoms with van der Waals surface area (Å²) in [6.45, 7) is 6.68. The normalized spacial score (nSPS) is 14.9. The molecule has 0 aromatic carbocycles. The highest BCUT2D eigenvalue weighted by Crippen LogP contribution is 2.08. The lowest BCUT2D eigenvalue weighted by Crippen LogP contribution is -2.56. The molecule has 0 fully saturated rings. The number of carbonyl (C=O) groups excluding carboxylic acids is 2. The Labute approximate surface area is 113 Å². The Bertz CT molecular complexity index is 346. The van der Waals surface area contributed by atoms with Crippen LogP contribution in [-0.4, -0.2) is 41.1 Å². The van der Waals surface area contributed by atoms with Gasteiger partial charge < -0.3 is 21.1 Å². The van der Waals surface area contributed by atoms with Gasteiger partial charge in [-0.2, -0.15) is 0 Å². The summed E-state index contributed by atoms with van der Waals surface area (Å²) in [6, 6.07) is -0.636. The van der Waals surface area contributed by atoms with Crippen LogP contribution in [0.15, 0.2) is 0 Å². The van der Waals surface area contributed by atoms with E-state index in [2.05, 4.69) is 16.0 Å². The van der Waals surface area contributed by atoms with Gasteiger partial charge in [0.15, 0.2) is 0 Å². The Hall–Kier alpha value is -1.79. The maximum Gasteiger partial charge on any atom is 0.329 e. The van der Waals surface area contributed by atoms with E-state index in [9.17, 15) is 14.4 Å². The molecule has 3 amide bonds. The fourth-order valence-electron chi connectivity index (χ4n) is 1.18. The Kier molecular flexibility index (Phi) is 6.89. The number of hydrogen-bond donors (Lipinski definition) is 4. The number of carboxylic acids is 1. The molecule has 0 aliphatic carbocycles. The Morgan fingerprint density at radius 1 is 1.26 bits per heavy atom. The van der Waals surface area contributed by atoms with Crippen molar-refractivity contribution in [2.24, 2.45) is 0 Å². The summed E-state index contributed by atoms with van der Waals surface area (Å²) in [6.07, 6.45) is 1.04. The standard InChI is InChI=1S/C12H23N3O4/c1-5-8(3)14-9(16)7-13-11(19)15-12(4,6-2)10(17)18/h8H,5-7H2,1-4H3,(H,14,16)(H,17,18)(H2,13,15,19). The first-order chi connectivity index (χ1) is 8.75. The third-order valence-electron chi connectivity index (χ3n) is 3.00. The Balaban J connectivity index is 4.19. The predicted molar refractivity (Wildman–Crippen MR) is 70.8 cm³/mol. The summed E-state index contributed by atoms with van der Waals surface area (Å²) >= 11 is 0. The SMILES string of the molecule is CCC(C)NC(=O)CNC(=O)NC(C)(CC)C(=O)O. The molecule has 0 radical (unpaired) electrons. The lowest BCUT2D eigenvalue weighted by atomic mass is 10.00. The second-order valence-electron chi connectivity index (χ2n) is 4.68. The van der Waals surface area contributed by atoms with Crippen molar-refractivity contribution in [3.05, 3.63) is 0 Å². The summed E-state index contributed by atoms with van der Waals surface area (Å²) in [5.41, 5.74) is -1.34. The van der Waals surface area contributed by atoms with Crippen molar-refractivity contribution in [3.8, 4) is 0 Å². The fraction of sp³-hybridized carbons (Fsp3) is 0.750. The zero-order chi connectivity index (χ0) is 15.1. The topological polar surface area (TPSA) is 108 Å². The van der Waals surface area contributed by atoms with Crippen molar-refractivity contribution < 1.29 is 19.5 Å². The van der Waals surface area contributed by atoms with E-state index in [0.717, 1.165) is 6.42 Å². The first-order valence-electron chi connectivity index (χ1n) is 6.34. The molecule has 0 saturated carbocycles. The van der Waals surface area contributed by atoms with Gasteiger partial charge in [0.1, 0.15) is 5.54 Å². The van der Waals surface area contributed by atoms with Gasteiger partial charge in [-0.25, -0.2) is 9.59 Å². The summed E-state index contributed by atoms with van der Waals surface area (Å²) in [7, 11) is 0. The van der Waals surface area contributed by atoms with Crippen LogP contribution in [0.2, 0.25) is 0 Å². The van der Waals surface area contributed by atoms with Crippen LogP contribution in [0.4, 0.5) is 4.79 Å². The highest BCUT2D eigenvalue weighted by Gasteiger charge is 2.32. The highest BCUT2D eigenvalue weighted by atomic mass is 16.4. The van der Waals surface area contributed by atoms with Gasteiger partial charge in [0.25, 0.3) is 0 Å².